The first kappa shape index (κ1) is 18.3. The van der Waals surface area contributed by atoms with Gasteiger partial charge in [-0.05, 0) is 43.9 Å². The molecule has 2 aromatic heterocycles. The van der Waals surface area contributed by atoms with Gasteiger partial charge in [0.25, 0.3) is 5.56 Å². The third-order valence-electron chi connectivity index (χ3n) is 5.95. The summed E-state index contributed by atoms with van der Waals surface area (Å²) in [6.45, 7) is 0. The molecule has 2 fully saturated rings. The average molecular weight is 416 g/mol. The number of carboxylic acid groups (broad SMARTS) is 1. The van der Waals surface area contributed by atoms with Crippen molar-refractivity contribution in [1.29, 1.82) is 0 Å². The smallest absolute Gasteiger partial charge is 0.337 e. The lowest BCUT2D eigenvalue weighted by atomic mass is 10.0. The quantitative estimate of drug-likeness (QED) is 0.433. The van der Waals surface area contributed by atoms with Crippen LogP contribution < -0.4 is 15.6 Å². The van der Waals surface area contributed by atoms with Gasteiger partial charge in [0, 0.05) is 40.6 Å². The highest BCUT2D eigenvalue weighted by Gasteiger charge is 2.35. The van der Waals surface area contributed by atoms with E-state index in [1.165, 1.54) is 24.4 Å². The molecule has 5 rings (SSSR count). The molecule has 0 radical (unpaired) electrons. The number of fused-ring (bicyclic) bond motifs is 5. The van der Waals surface area contributed by atoms with Gasteiger partial charge in [0.15, 0.2) is 0 Å². The summed E-state index contributed by atoms with van der Waals surface area (Å²) < 4.78 is 28.8. The monoisotopic (exact) mass is 416 g/mol. The van der Waals surface area contributed by atoms with Crippen molar-refractivity contribution in [3.8, 4) is 0 Å². The second-order valence-corrected chi connectivity index (χ2v) is 9.56. The summed E-state index contributed by atoms with van der Waals surface area (Å²) in [5.41, 5.74) is -0.0525. The number of rotatable bonds is 4. The van der Waals surface area contributed by atoms with Crippen LogP contribution >= 0.6 is 0 Å². The van der Waals surface area contributed by atoms with Gasteiger partial charge in [0.2, 0.25) is 10.0 Å². The maximum Gasteiger partial charge on any atom is 0.337 e. The third-order valence-corrected chi connectivity index (χ3v) is 7.47. The van der Waals surface area contributed by atoms with E-state index in [-0.39, 0.29) is 27.4 Å². The number of carbonyl (C=O) groups is 1. The van der Waals surface area contributed by atoms with Gasteiger partial charge in [0.05, 0.1) is 10.5 Å². The summed E-state index contributed by atoms with van der Waals surface area (Å²) in [5, 5.41) is 13.5. The lowest BCUT2D eigenvalue weighted by Crippen LogP contribution is -2.47. The van der Waals surface area contributed by atoms with Crippen LogP contribution in [-0.4, -0.2) is 47.6 Å². The Hall–Kier alpha value is -2.69. The van der Waals surface area contributed by atoms with Gasteiger partial charge in [-0.15, -0.1) is 0 Å². The Morgan fingerprint density at radius 1 is 1.17 bits per heavy atom. The van der Waals surface area contributed by atoms with Crippen molar-refractivity contribution in [2.75, 3.05) is 0 Å². The molecule has 4 heterocycles. The molecule has 10 heteroatoms. The zero-order valence-corrected chi connectivity index (χ0v) is 16.2. The number of hydrogen-bond acceptors (Lipinski definition) is 5. The number of aromatic amines is 2. The number of aromatic carboxylic acids is 1. The maximum absolute atomic E-state index is 13.0. The molecule has 0 amide bonds. The number of piperidine rings is 1. The SMILES string of the molecule is O=C(O)c1c[nH]c2c(=O)[nH]c3ccc(S(=O)(=O)NC4CC5CCC(C4)N5)cc3c12. The zero-order valence-electron chi connectivity index (χ0n) is 15.4. The van der Waals surface area contributed by atoms with Crippen molar-refractivity contribution in [3.05, 3.63) is 40.3 Å². The molecule has 0 spiro atoms. The number of H-pyrrole nitrogens is 2. The number of benzene rings is 1. The Morgan fingerprint density at radius 2 is 1.90 bits per heavy atom. The topological polar surface area (TPSA) is 144 Å². The average Bonchev–Trinajstić information content (AvgIpc) is 3.25. The molecular formula is C19H20N4O5S. The molecule has 2 atom stereocenters. The Morgan fingerprint density at radius 3 is 2.59 bits per heavy atom. The molecule has 2 bridgehead atoms. The van der Waals surface area contributed by atoms with Crippen molar-refractivity contribution in [2.45, 2.75) is 48.7 Å². The molecule has 152 valence electrons. The predicted octanol–water partition coefficient (Wildman–Crippen LogP) is 1.27. The first-order valence-corrected chi connectivity index (χ1v) is 11.0. The molecular weight excluding hydrogens is 396 g/mol. The van der Waals surface area contributed by atoms with Crippen LogP contribution in [0.5, 0.6) is 0 Å². The second kappa shape index (κ2) is 6.41. The van der Waals surface area contributed by atoms with E-state index in [2.05, 4.69) is 20.0 Å². The van der Waals surface area contributed by atoms with E-state index in [1.807, 2.05) is 0 Å². The Bertz CT molecular complexity index is 1300. The number of aromatic nitrogens is 2. The van der Waals surface area contributed by atoms with Crippen molar-refractivity contribution >= 4 is 37.8 Å². The number of pyridine rings is 1. The van der Waals surface area contributed by atoms with E-state index in [4.69, 9.17) is 0 Å². The van der Waals surface area contributed by atoms with Gasteiger partial charge in [-0.1, -0.05) is 0 Å². The van der Waals surface area contributed by atoms with Crippen molar-refractivity contribution in [3.63, 3.8) is 0 Å². The summed E-state index contributed by atoms with van der Waals surface area (Å²) >= 11 is 0. The highest BCUT2D eigenvalue weighted by atomic mass is 32.2. The number of sulfonamides is 1. The number of carboxylic acids is 1. The second-order valence-electron chi connectivity index (χ2n) is 7.85. The molecule has 0 aliphatic carbocycles. The van der Waals surface area contributed by atoms with Gasteiger partial charge in [-0.25, -0.2) is 17.9 Å². The third kappa shape index (κ3) is 3.04. The molecule has 5 N–H and O–H groups in total. The molecule has 9 nitrogen and oxygen atoms in total. The molecule has 2 saturated heterocycles. The van der Waals surface area contributed by atoms with E-state index in [0.29, 0.717) is 23.0 Å². The van der Waals surface area contributed by atoms with Crippen LogP contribution in [0.3, 0.4) is 0 Å². The van der Waals surface area contributed by atoms with Crippen LogP contribution in [0.4, 0.5) is 0 Å². The number of hydrogen-bond donors (Lipinski definition) is 5. The summed E-state index contributed by atoms with van der Waals surface area (Å²) in [6.07, 6.45) is 4.88. The molecule has 2 aliphatic rings. The minimum Gasteiger partial charge on any atom is -0.478 e. The largest absolute Gasteiger partial charge is 0.478 e. The van der Waals surface area contributed by atoms with E-state index < -0.39 is 21.6 Å². The normalized spacial score (nSPS) is 24.3. The van der Waals surface area contributed by atoms with E-state index in [9.17, 15) is 23.1 Å². The van der Waals surface area contributed by atoms with Gasteiger partial charge in [-0.2, -0.15) is 0 Å². The molecule has 3 aromatic rings. The minimum absolute atomic E-state index is 0.0433. The lowest BCUT2D eigenvalue weighted by Gasteiger charge is -2.29. The van der Waals surface area contributed by atoms with E-state index in [1.54, 1.807) is 0 Å². The fraction of sp³-hybridized carbons (Fsp3) is 0.368. The van der Waals surface area contributed by atoms with Gasteiger partial charge >= 0.3 is 5.97 Å². The van der Waals surface area contributed by atoms with E-state index >= 15 is 0 Å². The summed E-state index contributed by atoms with van der Waals surface area (Å²) in [6, 6.07) is 4.91. The minimum atomic E-state index is -3.79. The number of nitrogens with one attached hydrogen (secondary N) is 4. The first-order chi connectivity index (χ1) is 13.8. The van der Waals surface area contributed by atoms with Crippen LogP contribution in [0.2, 0.25) is 0 Å². The molecule has 29 heavy (non-hydrogen) atoms. The van der Waals surface area contributed by atoms with Crippen LogP contribution in [-0.2, 0) is 10.0 Å². The Kier molecular flexibility index (Phi) is 4.05. The molecule has 2 aliphatic heterocycles. The Balaban J connectivity index is 1.59. The standard InChI is InChI=1S/C19H20N4O5S/c24-18-17-16(14(8-20-17)19(25)26)13-7-12(3-4-15(13)22-18)29(27,28)23-11-5-9-1-2-10(6-11)21-9/h3-4,7-11,20-21,23H,1-2,5-6H2,(H,22,24)(H,25,26). The van der Waals surface area contributed by atoms with Crippen LogP contribution in [0.15, 0.2) is 34.1 Å². The molecule has 0 saturated carbocycles. The fourth-order valence-electron chi connectivity index (χ4n) is 4.68. The molecule has 1 aromatic carbocycles. The highest BCUT2D eigenvalue weighted by Crippen LogP contribution is 2.29. The van der Waals surface area contributed by atoms with Crippen molar-refractivity contribution < 1.29 is 18.3 Å². The first-order valence-electron chi connectivity index (χ1n) is 9.50. The van der Waals surface area contributed by atoms with Crippen molar-refractivity contribution in [2.24, 2.45) is 0 Å². The fourth-order valence-corrected chi connectivity index (χ4v) is 5.97. The lowest BCUT2D eigenvalue weighted by molar-refractivity contribution is 0.0699. The summed E-state index contributed by atoms with van der Waals surface area (Å²) in [4.78, 5) is 29.2. The highest BCUT2D eigenvalue weighted by molar-refractivity contribution is 7.89. The summed E-state index contributed by atoms with van der Waals surface area (Å²) in [5.74, 6) is -1.19. The predicted molar refractivity (Wildman–Crippen MR) is 107 cm³/mol. The van der Waals surface area contributed by atoms with E-state index in [0.717, 1.165) is 25.7 Å². The van der Waals surface area contributed by atoms with Gasteiger partial charge in [-0.3, -0.25) is 4.79 Å². The maximum atomic E-state index is 13.0. The Labute approximate surface area is 165 Å². The van der Waals surface area contributed by atoms with Crippen LogP contribution in [0.25, 0.3) is 21.8 Å². The van der Waals surface area contributed by atoms with Crippen LogP contribution in [0.1, 0.15) is 36.0 Å². The van der Waals surface area contributed by atoms with Gasteiger partial charge < -0.3 is 20.4 Å². The van der Waals surface area contributed by atoms with Gasteiger partial charge in [0.1, 0.15) is 5.52 Å². The molecule has 2 unspecified atom stereocenters. The van der Waals surface area contributed by atoms with Crippen molar-refractivity contribution in [1.82, 2.24) is 20.0 Å². The van der Waals surface area contributed by atoms with Crippen LogP contribution in [0, 0.1) is 0 Å². The zero-order chi connectivity index (χ0) is 20.3. The summed E-state index contributed by atoms with van der Waals surface area (Å²) in [7, 11) is -3.79.